The number of hydrogen-bond acceptors (Lipinski definition) is 8. The second kappa shape index (κ2) is 27.4. The molecule has 0 aromatic carbocycles. The zero-order valence-corrected chi connectivity index (χ0v) is 28.6. The van der Waals surface area contributed by atoms with E-state index in [0.717, 1.165) is 57.8 Å². The van der Waals surface area contributed by atoms with Gasteiger partial charge < -0.3 is 24.8 Å². The Bertz CT molecular complexity index is 797. The molecule has 0 radical (unpaired) electrons. The zero-order valence-electron chi connectivity index (χ0n) is 28.6. The van der Waals surface area contributed by atoms with Gasteiger partial charge in [-0.3, -0.25) is 14.4 Å². The number of rotatable bonds is 29. The number of Topliss-reactive ketones (excluding diaryl/α,β-unsaturated/α-hetero) is 1. The van der Waals surface area contributed by atoms with Crippen molar-refractivity contribution in [2.45, 2.75) is 180 Å². The number of ketones is 1. The van der Waals surface area contributed by atoms with E-state index in [-0.39, 0.29) is 49.6 Å². The van der Waals surface area contributed by atoms with Crippen molar-refractivity contribution in [1.82, 2.24) is 0 Å². The molecule has 0 aromatic heterocycles. The zero-order chi connectivity index (χ0) is 33.1. The highest BCUT2D eigenvalue weighted by molar-refractivity contribution is 5.84. The first-order valence-corrected chi connectivity index (χ1v) is 18.3. The smallest absolute Gasteiger partial charge is 0.305 e. The van der Waals surface area contributed by atoms with Crippen molar-refractivity contribution in [1.29, 1.82) is 0 Å². The Kier molecular flexibility index (Phi) is 25.1. The monoisotopic (exact) mass is 638 g/mol. The van der Waals surface area contributed by atoms with E-state index >= 15 is 0 Å². The average molecular weight is 639 g/mol. The van der Waals surface area contributed by atoms with E-state index in [4.69, 9.17) is 9.47 Å². The number of esters is 2. The van der Waals surface area contributed by atoms with Crippen LogP contribution in [0, 0.1) is 11.8 Å². The molecule has 0 bridgehead atoms. The van der Waals surface area contributed by atoms with Crippen molar-refractivity contribution in [3.8, 4) is 0 Å². The number of hydrogen-bond donors (Lipinski definition) is 3. The molecule has 0 heterocycles. The van der Waals surface area contributed by atoms with E-state index in [2.05, 4.69) is 13.8 Å². The van der Waals surface area contributed by atoms with Gasteiger partial charge in [0.15, 0.2) is 0 Å². The van der Waals surface area contributed by atoms with Gasteiger partial charge >= 0.3 is 11.9 Å². The third-order valence-corrected chi connectivity index (χ3v) is 8.90. The molecule has 3 N–H and O–H groups in total. The summed E-state index contributed by atoms with van der Waals surface area (Å²) >= 11 is 0. The highest BCUT2D eigenvalue weighted by Gasteiger charge is 2.39. The molecular formula is C37H66O8. The number of aliphatic hydroxyl groups is 3. The molecule has 1 saturated carbocycles. The second-order valence-corrected chi connectivity index (χ2v) is 13.1. The average Bonchev–Trinajstić information content (AvgIpc) is 3.29. The molecule has 0 amide bonds. The Hall–Kier alpha value is -1.77. The first-order chi connectivity index (χ1) is 21.8. The van der Waals surface area contributed by atoms with Crippen LogP contribution in [0.3, 0.4) is 0 Å². The Balaban J connectivity index is 2.06. The van der Waals surface area contributed by atoms with Crippen LogP contribution in [0.5, 0.6) is 0 Å². The van der Waals surface area contributed by atoms with Crippen LogP contribution in [0.15, 0.2) is 12.2 Å². The lowest BCUT2D eigenvalue weighted by atomic mass is 9.88. The normalized spacial score (nSPS) is 19.7. The molecule has 1 aliphatic carbocycles. The second-order valence-electron chi connectivity index (χ2n) is 13.1. The Morgan fingerprint density at radius 2 is 1.20 bits per heavy atom. The molecule has 5 atom stereocenters. The maximum Gasteiger partial charge on any atom is 0.305 e. The molecule has 262 valence electrons. The van der Waals surface area contributed by atoms with Crippen molar-refractivity contribution in [2.75, 3.05) is 13.2 Å². The third kappa shape index (κ3) is 21.6. The topological polar surface area (TPSA) is 130 Å². The summed E-state index contributed by atoms with van der Waals surface area (Å²) in [6, 6.07) is 0. The first-order valence-electron chi connectivity index (χ1n) is 18.3. The fourth-order valence-corrected chi connectivity index (χ4v) is 6.04. The molecule has 1 fully saturated rings. The highest BCUT2D eigenvalue weighted by Crippen LogP contribution is 2.34. The van der Waals surface area contributed by atoms with Gasteiger partial charge in [-0.25, -0.2) is 0 Å². The third-order valence-electron chi connectivity index (χ3n) is 8.90. The Morgan fingerprint density at radius 1 is 0.733 bits per heavy atom. The molecule has 45 heavy (non-hydrogen) atoms. The number of carbonyl (C=O) groups is 3. The maximum atomic E-state index is 12.4. The summed E-state index contributed by atoms with van der Waals surface area (Å²) in [7, 11) is 0. The summed E-state index contributed by atoms with van der Waals surface area (Å²) in [5.41, 5.74) is 0. The summed E-state index contributed by atoms with van der Waals surface area (Å²) in [6.45, 7) is 3.98. The van der Waals surface area contributed by atoms with Crippen LogP contribution in [0.1, 0.15) is 162 Å². The van der Waals surface area contributed by atoms with Gasteiger partial charge in [0.25, 0.3) is 0 Å². The van der Waals surface area contributed by atoms with Crippen LogP contribution in [-0.4, -0.2) is 64.6 Å². The molecule has 0 aromatic rings. The quantitative estimate of drug-likeness (QED) is 0.0435. The molecule has 0 unspecified atom stereocenters. The van der Waals surface area contributed by atoms with Gasteiger partial charge in [0.1, 0.15) is 25.1 Å². The fourth-order valence-electron chi connectivity index (χ4n) is 6.04. The van der Waals surface area contributed by atoms with Crippen LogP contribution in [-0.2, 0) is 23.9 Å². The van der Waals surface area contributed by atoms with E-state index in [1.54, 1.807) is 6.08 Å². The van der Waals surface area contributed by atoms with Crippen molar-refractivity contribution >= 4 is 17.7 Å². The summed E-state index contributed by atoms with van der Waals surface area (Å²) in [6.07, 6.45) is 23.1. The van der Waals surface area contributed by atoms with Crippen LogP contribution < -0.4 is 0 Å². The molecule has 1 aliphatic rings. The number of carbonyl (C=O) groups excluding carboxylic acids is 3. The van der Waals surface area contributed by atoms with E-state index in [9.17, 15) is 29.7 Å². The molecule has 8 heteroatoms. The number of ether oxygens (including phenoxy) is 2. The van der Waals surface area contributed by atoms with E-state index < -0.39 is 24.3 Å². The predicted molar refractivity (Wildman–Crippen MR) is 179 cm³/mol. The van der Waals surface area contributed by atoms with Gasteiger partial charge in [-0.15, -0.1) is 0 Å². The van der Waals surface area contributed by atoms with Gasteiger partial charge in [0.05, 0.1) is 12.2 Å². The lowest BCUT2D eigenvalue weighted by Gasteiger charge is -2.18. The summed E-state index contributed by atoms with van der Waals surface area (Å²) in [5, 5.41) is 30.5. The first kappa shape index (κ1) is 41.3. The van der Waals surface area contributed by atoms with Crippen molar-refractivity contribution < 1.29 is 39.2 Å². The Labute approximate surface area is 273 Å². The van der Waals surface area contributed by atoms with E-state index in [0.29, 0.717) is 25.7 Å². The van der Waals surface area contributed by atoms with Gasteiger partial charge in [0.2, 0.25) is 0 Å². The van der Waals surface area contributed by atoms with Crippen LogP contribution in [0.25, 0.3) is 0 Å². The lowest BCUT2D eigenvalue weighted by Crippen LogP contribution is -2.25. The summed E-state index contributed by atoms with van der Waals surface area (Å²) in [5.74, 6) is -1.10. The summed E-state index contributed by atoms with van der Waals surface area (Å²) < 4.78 is 10.3. The number of unbranched alkanes of at least 4 members (excludes halogenated alkanes) is 15. The van der Waals surface area contributed by atoms with Gasteiger partial charge in [-0.1, -0.05) is 129 Å². The molecule has 0 saturated heterocycles. The minimum absolute atomic E-state index is 0.0829. The van der Waals surface area contributed by atoms with Crippen molar-refractivity contribution in [2.24, 2.45) is 11.8 Å². The van der Waals surface area contributed by atoms with Crippen LogP contribution in [0.4, 0.5) is 0 Å². The highest BCUT2D eigenvalue weighted by atomic mass is 16.6. The van der Waals surface area contributed by atoms with E-state index in [1.165, 1.54) is 51.4 Å². The SMILES string of the molecule is CCCCCCCCCCCCCC(=O)OC[C@@H](O)COC(=O)CCCCCC[C@H]1C(=O)C[C@@H](O)[C@@H]1/C=C/[C@@H](O)CCCCC. The van der Waals surface area contributed by atoms with Gasteiger partial charge in [-0.2, -0.15) is 0 Å². The Morgan fingerprint density at radius 3 is 1.73 bits per heavy atom. The lowest BCUT2D eigenvalue weighted by molar-refractivity contribution is -0.152. The molecular weight excluding hydrogens is 572 g/mol. The van der Waals surface area contributed by atoms with Gasteiger partial charge in [0, 0.05) is 31.1 Å². The van der Waals surface area contributed by atoms with E-state index in [1.807, 2.05) is 6.08 Å². The molecule has 8 nitrogen and oxygen atoms in total. The van der Waals surface area contributed by atoms with Crippen molar-refractivity contribution in [3.63, 3.8) is 0 Å². The number of aliphatic hydroxyl groups excluding tert-OH is 3. The fraction of sp³-hybridized carbons (Fsp3) is 0.865. The van der Waals surface area contributed by atoms with Gasteiger partial charge in [-0.05, 0) is 25.7 Å². The van der Waals surface area contributed by atoms with Crippen LogP contribution in [0.2, 0.25) is 0 Å². The summed E-state index contributed by atoms with van der Waals surface area (Å²) in [4.78, 5) is 36.4. The maximum absolute atomic E-state index is 12.4. The molecule has 0 spiro atoms. The predicted octanol–water partition coefficient (Wildman–Crippen LogP) is 7.54. The molecule has 1 rings (SSSR count). The van der Waals surface area contributed by atoms with Crippen LogP contribution >= 0.6 is 0 Å². The van der Waals surface area contributed by atoms with Crippen molar-refractivity contribution in [3.05, 3.63) is 12.2 Å². The minimum atomic E-state index is -1.03. The minimum Gasteiger partial charge on any atom is -0.463 e. The largest absolute Gasteiger partial charge is 0.463 e. The molecule has 0 aliphatic heterocycles. The standard InChI is InChI=1S/C37H66O8/c1-3-5-7-8-9-10-11-12-13-14-19-23-36(42)44-28-31(39)29-45-37(43)24-20-16-15-18-22-32-33(35(41)27-34(32)40)26-25-30(38)21-17-6-4-2/h25-26,30-33,35,38-39,41H,3-24,27-29H2,1-2H3/b26-25+/t30-,31+,32+,33+,35+/m0/s1.